The monoisotopic (exact) mass is 359 g/mol. The number of primary amides is 1. The van der Waals surface area contributed by atoms with Crippen LogP contribution in [0.5, 0.6) is 0 Å². The fraction of sp³-hybridized carbons (Fsp3) is 0.294. The predicted octanol–water partition coefficient (Wildman–Crippen LogP) is 2.53. The van der Waals surface area contributed by atoms with E-state index in [1.165, 1.54) is 19.3 Å². The van der Waals surface area contributed by atoms with E-state index < -0.39 is 5.91 Å². The highest BCUT2D eigenvalue weighted by Gasteiger charge is 2.35. The molecule has 0 saturated heterocycles. The molecule has 0 aliphatic carbocycles. The minimum Gasteiger partial charge on any atom is -0.366 e. The van der Waals surface area contributed by atoms with Crippen molar-refractivity contribution in [1.29, 1.82) is 0 Å². The lowest BCUT2D eigenvalue weighted by molar-refractivity contribution is -0.117. The predicted molar refractivity (Wildman–Crippen MR) is 95.6 cm³/mol. The highest BCUT2D eigenvalue weighted by atomic mass is 35.5. The normalized spacial score (nSPS) is 19.2. The van der Waals surface area contributed by atoms with Crippen molar-refractivity contribution in [2.24, 2.45) is 5.73 Å². The van der Waals surface area contributed by atoms with Gasteiger partial charge in [0.25, 0.3) is 5.91 Å². The van der Waals surface area contributed by atoms with Crippen LogP contribution in [0.1, 0.15) is 42.2 Å². The Morgan fingerprint density at radius 3 is 2.60 bits per heavy atom. The number of anilines is 2. The van der Waals surface area contributed by atoms with Gasteiger partial charge in [-0.25, -0.2) is 9.97 Å². The van der Waals surface area contributed by atoms with Gasteiger partial charge in [-0.05, 0) is 25.0 Å². The van der Waals surface area contributed by atoms with Gasteiger partial charge < -0.3 is 16.0 Å². The van der Waals surface area contributed by atoms with Crippen molar-refractivity contribution in [3.05, 3.63) is 46.7 Å². The molecule has 1 aromatic heterocycles. The third-order valence-corrected chi connectivity index (χ3v) is 4.42. The third kappa shape index (κ3) is 3.28. The molecule has 1 aliphatic heterocycles. The molecule has 0 bridgehead atoms. The minimum absolute atomic E-state index is 0.115. The van der Waals surface area contributed by atoms with Crippen molar-refractivity contribution in [3.8, 4) is 0 Å². The lowest BCUT2D eigenvalue weighted by atomic mass is 9.89. The second kappa shape index (κ2) is 6.68. The van der Waals surface area contributed by atoms with E-state index in [0.717, 1.165) is 5.56 Å². The number of amides is 2. The molecular weight excluding hydrogens is 342 g/mol. The number of hydrogen-bond donors (Lipinski definition) is 2. The molecule has 2 amide bonds. The average molecular weight is 360 g/mol. The van der Waals surface area contributed by atoms with E-state index in [4.69, 9.17) is 17.3 Å². The number of nitrogens with zero attached hydrogens (tertiary/aromatic N) is 3. The Morgan fingerprint density at radius 2 is 2.00 bits per heavy atom. The van der Waals surface area contributed by atoms with Crippen LogP contribution in [0, 0.1) is 0 Å². The van der Waals surface area contributed by atoms with Gasteiger partial charge in [-0.1, -0.05) is 23.7 Å². The van der Waals surface area contributed by atoms with Crippen LogP contribution >= 0.6 is 11.6 Å². The quantitative estimate of drug-likeness (QED) is 0.876. The van der Waals surface area contributed by atoms with Gasteiger partial charge in [0, 0.05) is 13.0 Å². The standard InChI is InChI=1S/C17H18ClN5O2/c1-9-6-14(22-17-20-7-11(18)8-21-17)12-4-3-5-13(16(19)25)15(12)23(9)10(2)24/h3-5,7-9,14H,6H2,1-2H3,(H2,19,25)(H,20,21,22)/t9-,14+/m0/s1. The van der Waals surface area contributed by atoms with Crippen LogP contribution in [-0.4, -0.2) is 27.8 Å². The maximum absolute atomic E-state index is 12.2. The van der Waals surface area contributed by atoms with Crippen molar-refractivity contribution >= 4 is 35.1 Å². The minimum atomic E-state index is -0.571. The van der Waals surface area contributed by atoms with E-state index in [2.05, 4.69) is 15.3 Å². The molecule has 2 aromatic rings. The number of aromatic nitrogens is 2. The molecule has 130 valence electrons. The molecule has 2 atom stereocenters. The lowest BCUT2D eigenvalue weighted by Gasteiger charge is -2.40. The fourth-order valence-corrected chi connectivity index (χ4v) is 3.35. The van der Waals surface area contributed by atoms with Gasteiger partial charge >= 0.3 is 0 Å². The molecule has 1 aromatic carbocycles. The average Bonchev–Trinajstić information content (AvgIpc) is 2.56. The van der Waals surface area contributed by atoms with E-state index in [1.807, 2.05) is 13.0 Å². The second-order valence-corrected chi connectivity index (χ2v) is 6.44. The molecule has 0 radical (unpaired) electrons. The van der Waals surface area contributed by atoms with Crippen LogP contribution in [-0.2, 0) is 4.79 Å². The Kier molecular flexibility index (Phi) is 4.59. The summed E-state index contributed by atoms with van der Waals surface area (Å²) in [5.41, 5.74) is 7.20. The first-order chi connectivity index (χ1) is 11.9. The molecule has 1 aliphatic rings. The maximum atomic E-state index is 12.2. The van der Waals surface area contributed by atoms with Crippen molar-refractivity contribution in [3.63, 3.8) is 0 Å². The number of rotatable bonds is 3. The Labute approximate surface area is 150 Å². The maximum Gasteiger partial charge on any atom is 0.250 e. The van der Waals surface area contributed by atoms with Gasteiger partial charge in [0.2, 0.25) is 11.9 Å². The Hall–Kier alpha value is -2.67. The van der Waals surface area contributed by atoms with Crippen molar-refractivity contribution < 1.29 is 9.59 Å². The van der Waals surface area contributed by atoms with Crippen LogP contribution in [0.4, 0.5) is 11.6 Å². The molecule has 2 heterocycles. The summed E-state index contributed by atoms with van der Waals surface area (Å²) in [6.45, 7) is 3.41. The first-order valence-electron chi connectivity index (χ1n) is 7.85. The van der Waals surface area contributed by atoms with Crippen LogP contribution in [0.15, 0.2) is 30.6 Å². The molecule has 3 N–H and O–H groups in total. The van der Waals surface area contributed by atoms with Gasteiger partial charge in [-0.3, -0.25) is 9.59 Å². The van der Waals surface area contributed by atoms with Crippen LogP contribution < -0.4 is 16.0 Å². The summed E-state index contributed by atoms with van der Waals surface area (Å²) in [6, 6.07) is 4.98. The molecule has 25 heavy (non-hydrogen) atoms. The number of carbonyl (C=O) groups excluding carboxylic acids is 2. The van der Waals surface area contributed by atoms with Crippen molar-refractivity contribution in [2.75, 3.05) is 10.2 Å². The molecular formula is C17H18ClN5O2. The van der Waals surface area contributed by atoms with Gasteiger partial charge in [-0.15, -0.1) is 0 Å². The highest BCUT2D eigenvalue weighted by molar-refractivity contribution is 6.30. The summed E-state index contributed by atoms with van der Waals surface area (Å²) in [5.74, 6) is -0.282. The summed E-state index contributed by atoms with van der Waals surface area (Å²) < 4.78 is 0. The van der Waals surface area contributed by atoms with E-state index in [-0.39, 0.29) is 18.0 Å². The molecule has 0 fully saturated rings. The summed E-state index contributed by atoms with van der Waals surface area (Å²) in [5, 5.41) is 3.70. The first kappa shape index (κ1) is 17.2. The van der Waals surface area contributed by atoms with Crippen LogP contribution in [0.25, 0.3) is 0 Å². The third-order valence-electron chi connectivity index (χ3n) is 4.23. The lowest BCUT2D eigenvalue weighted by Crippen LogP contribution is -2.44. The fourth-order valence-electron chi connectivity index (χ4n) is 3.25. The second-order valence-electron chi connectivity index (χ2n) is 6.00. The van der Waals surface area contributed by atoms with Crippen LogP contribution in [0.2, 0.25) is 5.02 Å². The molecule has 0 saturated carbocycles. The summed E-state index contributed by atoms with van der Waals surface area (Å²) in [6.07, 6.45) is 3.65. The zero-order valence-corrected chi connectivity index (χ0v) is 14.6. The molecule has 8 heteroatoms. The molecule has 7 nitrogen and oxygen atoms in total. The first-order valence-corrected chi connectivity index (χ1v) is 8.23. The highest BCUT2D eigenvalue weighted by Crippen LogP contribution is 2.40. The van der Waals surface area contributed by atoms with Gasteiger partial charge in [0.05, 0.1) is 34.7 Å². The smallest absolute Gasteiger partial charge is 0.250 e. The van der Waals surface area contributed by atoms with Gasteiger partial charge in [0.15, 0.2) is 0 Å². The number of hydrogen-bond acceptors (Lipinski definition) is 5. The number of fused-ring (bicyclic) bond motifs is 1. The largest absolute Gasteiger partial charge is 0.366 e. The summed E-state index contributed by atoms with van der Waals surface area (Å²) in [4.78, 5) is 34.0. The van der Waals surface area contributed by atoms with Crippen molar-refractivity contribution in [1.82, 2.24) is 9.97 Å². The summed E-state index contributed by atoms with van der Waals surface area (Å²) >= 11 is 5.82. The van der Waals surface area contributed by atoms with Crippen LogP contribution in [0.3, 0.4) is 0 Å². The number of carbonyl (C=O) groups is 2. The van der Waals surface area contributed by atoms with E-state index in [0.29, 0.717) is 28.6 Å². The van der Waals surface area contributed by atoms with Gasteiger partial charge in [-0.2, -0.15) is 0 Å². The number of para-hydroxylation sites is 1. The topological polar surface area (TPSA) is 101 Å². The molecule has 0 spiro atoms. The van der Waals surface area contributed by atoms with Crippen molar-refractivity contribution in [2.45, 2.75) is 32.4 Å². The van der Waals surface area contributed by atoms with E-state index in [1.54, 1.807) is 17.0 Å². The number of nitrogens with one attached hydrogen (secondary N) is 1. The van der Waals surface area contributed by atoms with Gasteiger partial charge in [0.1, 0.15) is 0 Å². The number of nitrogens with two attached hydrogens (primary N) is 1. The molecule has 0 unspecified atom stereocenters. The molecule has 3 rings (SSSR count). The van der Waals surface area contributed by atoms with E-state index >= 15 is 0 Å². The van der Waals surface area contributed by atoms with E-state index in [9.17, 15) is 9.59 Å². The zero-order valence-electron chi connectivity index (χ0n) is 13.9. The number of halogens is 1. The Balaban J connectivity index is 2.07. The summed E-state index contributed by atoms with van der Waals surface area (Å²) in [7, 11) is 0. The Bertz CT molecular complexity index is 824. The Morgan fingerprint density at radius 1 is 1.32 bits per heavy atom. The number of benzene rings is 1. The SMILES string of the molecule is CC(=O)N1c2c(C(N)=O)cccc2[C@H](Nc2ncc(Cl)cn2)C[C@@H]1C. The zero-order chi connectivity index (χ0) is 18.1.